The Morgan fingerprint density at radius 3 is 2.00 bits per heavy atom. The minimum Gasteiger partial charge on any atom is -0.455 e. The fraction of sp³-hybridized carbons (Fsp3) is 0.258. The highest BCUT2D eigenvalue weighted by Gasteiger charge is 2.35. The first-order chi connectivity index (χ1) is 19.1. The Labute approximate surface area is 237 Å². The highest BCUT2D eigenvalue weighted by atomic mass is 32.2. The standard InChI is InChI=1S/C31H31F3N2O4S/c1-19-13-20(2)27(21(3)14-19)18-36(17-25-10-12-29(40-25)31(32,33)34)16-22-5-7-23(8-6-22)24-9-11-26(30(35)37)28(15-24)41(4,38)39/h5-15H,16-18H2,1-4H3,(H2,35,37). The SMILES string of the molecule is Cc1cc(C)c(CN(Cc2ccc(-c3ccc(C(N)=O)c(S(C)(=O)=O)c3)cc2)Cc2ccc(C(F)(F)F)o2)c(C)c1. The third kappa shape index (κ3) is 7.25. The second-order valence-corrected chi connectivity index (χ2v) is 12.3. The summed E-state index contributed by atoms with van der Waals surface area (Å²) in [6.45, 7) is 7.14. The van der Waals surface area contributed by atoms with Gasteiger partial charge in [0.2, 0.25) is 11.7 Å². The van der Waals surface area contributed by atoms with Crippen LogP contribution in [0.2, 0.25) is 0 Å². The molecule has 6 nitrogen and oxygen atoms in total. The lowest BCUT2D eigenvalue weighted by atomic mass is 9.99. The molecule has 0 saturated carbocycles. The summed E-state index contributed by atoms with van der Waals surface area (Å²) in [4.78, 5) is 13.6. The van der Waals surface area contributed by atoms with Crippen molar-refractivity contribution in [2.45, 2.75) is 51.5 Å². The second-order valence-electron chi connectivity index (χ2n) is 10.3. The van der Waals surface area contributed by atoms with Crippen LogP contribution in [0.15, 0.2) is 76.0 Å². The number of rotatable bonds is 9. The maximum absolute atomic E-state index is 13.1. The van der Waals surface area contributed by atoms with Crippen LogP contribution in [0.3, 0.4) is 0 Å². The van der Waals surface area contributed by atoms with Gasteiger partial charge in [-0.05, 0) is 78.4 Å². The van der Waals surface area contributed by atoms with Crippen molar-refractivity contribution >= 4 is 15.7 Å². The van der Waals surface area contributed by atoms with Gasteiger partial charge in [-0.1, -0.05) is 48.0 Å². The topological polar surface area (TPSA) is 93.6 Å². The molecule has 216 valence electrons. The lowest BCUT2D eigenvalue weighted by Crippen LogP contribution is -2.23. The number of nitrogens with two attached hydrogens (primary N) is 1. The molecule has 0 unspecified atom stereocenters. The van der Waals surface area contributed by atoms with Gasteiger partial charge in [0.25, 0.3) is 0 Å². The Balaban J connectivity index is 1.63. The van der Waals surface area contributed by atoms with Gasteiger partial charge in [-0.3, -0.25) is 9.69 Å². The van der Waals surface area contributed by atoms with Crippen molar-refractivity contribution in [3.8, 4) is 11.1 Å². The van der Waals surface area contributed by atoms with Crippen molar-refractivity contribution < 1.29 is 30.8 Å². The first-order valence-corrected chi connectivity index (χ1v) is 14.7. The van der Waals surface area contributed by atoms with E-state index < -0.39 is 27.7 Å². The number of furan rings is 1. The first-order valence-electron chi connectivity index (χ1n) is 12.8. The van der Waals surface area contributed by atoms with Crippen LogP contribution in [-0.2, 0) is 35.6 Å². The number of nitrogens with zero attached hydrogens (tertiary/aromatic N) is 1. The monoisotopic (exact) mass is 584 g/mol. The average molecular weight is 585 g/mol. The maximum atomic E-state index is 13.1. The van der Waals surface area contributed by atoms with E-state index in [4.69, 9.17) is 10.2 Å². The van der Waals surface area contributed by atoms with Crippen LogP contribution in [0.4, 0.5) is 13.2 Å². The van der Waals surface area contributed by atoms with Crippen LogP contribution in [0.25, 0.3) is 11.1 Å². The molecule has 0 aliphatic rings. The van der Waals surface area contributed by atoms with E-state index in [1.54, 1.807) is 6.07 Å². The summed E-state index contributed by atoms with van der Waals surface area (Å²) in [5.74, 6) is -1.65. The highest BCUT2D eigenvalue weighted by molar-refractivity contribution is 7.90. The molecule has 10 heteroatoms. The van der Waals surface area contributed by atoms with Gasteiger partial charge in [0.15, 0.2) is 9.84 Å². The molecule has 0 aliphatic carbocycles. The molecule has 4 rings (SSSR count). The molecule has 0 aliphatic heterocycles. The predicted octanol–water partition coefficient (Wildman–Crippen LogP) is 6.60. The van der Waals surface area contributed by atoms with Crippen molar-refractivity contribution in [3.63, 3.8) is 0 Å². The van der Waals surface area contributed by atoms with Gasteiger partial charge in [-0.15, -0.1) is 0 Å². The van der Waals surface area contributed by atoms with E-state index in [2.05, 4.69) is 12.1 Å². The number of aryl methyl sites for hydroxylation is 3. The van der Waals surface area contributed by atoms with E-state index in [-0.39, 0.29) is 22.8 Å². The summed E-state index contributed by atoms with van der Waals surface area (Å²) in [6, 6.07) is 18.3. The Morgan fingerprint density at radius 2 is 1.46 bits per heavy atom. The summed E-state index contributed by atoms with van der Waals surface area (Å²) in [7, 11) is -3.70. The van der Waals surface area contributed by atoms with Gasteiger partial charge in [0, 0.05) is 19.3 Å². The number of hydrogen-bond donors (Lipinski definition) is 1. The van der Waals surface area contributed by atoms with E-state index >= 15 is 0 Å². The van der Waals surface area contributed by atoms with Gasteiger partial charge >= 0.3 is 6.18 Å². The largest absolute Gasteiger partial charge is 0.455 e. The first kappa shape index (κ1) is 30.1. The summed E-state index contributed by atoms with van der Waals surface area (Å²) >= 11 is 0. The lowest BCUT2D eigenvalue weighted by molar-refractivity contribution is -0.153. The smallest absolute Gasteiger partial charge is 0.449 e. The summed E-state index contributed by atoms with van der Waals surface area (Å²) in [5.41, 5.74) is 11.9. The molecular weight excluding hydrogens is 553 g/mol. The Hall–Kier alpha value is -3.89. The number of benzene rings is 3. The molecule has 0 fully saturated rings. The molecule has 0 radical (unpaired) electrons. The third-order valence-corrected chi connectivity index (χ3v) is 8.02. The van der Waals surface area contributed by atoms with Crippen molar-refractivity contribution in [3.05, 3.63) is 112 Å². The zero-order chi connectivity index (χ0) is 30.1. The number of halogens is 3. The fourth-order valence-electron chi connectivity index (χ4n) is 4.96. The molecule has 0 bridgehead atoms. The molecule has 1 amide bonds. The van der Waals surface area contributed by atoms with E-state index in [9.17, 15) is 26.4 Å². The normalized spacial score (nSPS) is 12.2. The molecule has 0 spiro atoms. The molecular formula is C31H31F3N2O4S. The number of hydrogen-bond acceptors (Lipinski definition) is 5. The molecule has 4 aromatic rings. The Bertz CT molecular complexity index is 1670. The van der Waals surface area contributed by atoms with E-state index in [0.29, 0.717) is 18.7 Å². The number of sulfone groups is 1. The van der Waals surface area contributed by atoms with Crippen LogP contribution < -0.4 is 5.73 Å². The van der Waals surface area contributed by atoms with Crippen LogP contribution in [0, 0.1) is 20.8 Å². The van der Waals surface area contributed by atoms with Crippen LogP contribution >= 0.6 is 0 Å². The summed E-state index contributed by atoms with van der Waals surface area (Å²) < 4.78 is 69.1. The molecule has 3 aromatic carbocycles. The molecule has 2 N–H and O–H groups in total. The molecule has 0 atom stereocenters. The minimum atomic E-state index is -4.56. The molecule has 0 saturated heterocycles. The number of primary amides is 1. The summed E-state index contributed by atoms with van der Waals surface area (Å²) in [5, 5.41) is 0. The number of amides is 1. The Morgan fingerprint density at radius 1 is 0.854 bits per heavy atom. The van der Waals surface area contributed by atoms with Crippen molar-refractivity contribution in [2.75, 3.05) is 6.26 Å². The van der Waals surface area contributed by atoms with E-state index in [0.717, 1.165) is 45.7 Å². The third-order valence-electron chi connectivity index (χ3n) is 6.88. The van der Waals surface area contributed by atoms with Crippen LogP contribution in [0.5, 0.6) is 0 Å². The van der Waals surface area contributed by atoms with E-state index in [1.165, 1.54) is 18.2 Å². The summed E-state index contributed by atoms with van der Waals surface area (Å²) in [6.07, 6.45) is -3.54. The number of carbonyl (C=O) groups excluding carboxylic acids is 1. The predicted molar refractivity (Wildman–Crippen MR) is 151 cm³/mol. The Kier molecular flexibility index (Phi) is 8.46. The van der Waals surface area contributed by atoms with Crippen LogP contribution in [-0.4, -0.2) is 25.5 Å². The second kappa shape index (κ2) is 11.5. The van der Waals surface area contributed by atoms with Gasteiger partial charge in [-0.25, -0.2) is 8.42 Å². The molecule has 1 heterocycles. The van der Waals surface area contributed by atoms with Gasteiger partial charge in [0.1, 0.15) is 5.76 Å². The van der Waals surface area contributed by atoms with Gasteiger partial charge in [-0.2, -0.15) is 13.2 Å². The van der Waals surface area contributed by atoms with Crippen molar-refractivity contribution in [1.29, 1.82) is 0 Å². The molecule has 1 aromatic heterocycles. The maximum Gasteiger partial charge on any atom is 0.449 e. The highest BCUT2D eigenvalue weighted by Crippen LogP contribution is 2.32. The van der Waals surface area contributed by atoms with Crippen molar-refractivity contribution in [1.82, 2.24) is 4.90 Å². The number of carbonyl (C=O) groups is 1. The zero-order valence-electron chi connectivity index (χ0n) is 23.2. The average Bonchev–Trinajstić information content (AvgIpc) is 3.35. The number of alkyl halides is 3. The van der Waals surface area contributed by atoms with E-state index in [1.807, 2.05) is 49.9 Å². The van der Waals surface area contributed by atoms with Gasteiger partial charge < -0.3 is 10.2 Å². The minimum absolute atomic E-state index is 0.0724. The van der Waals surface area contributed by atoms with Gasteiger partial charge in [0.05, 0.1) is 17.0 Å². The van der Waals surface area contributed by atoms with Crippen LogP contribution in [0.1, 0.15) is 49.7 Å². The fourth-order valence-corrected chi connectivity index (χ4v) is 5.87. The molecule has 41 heavy (non-hydrogen) atoms. The lowest BCUT2D eigenvalue weighted by Gasteiger charge is -2.24. The quantitative estimate of drug-likeness (QED) is 0.239. The zero-order valence-corrected chi connectivity index (χ0v) is 24.0. The van der Waals surface area contributed by atoms with Crippen molar-refractivity contribution in [2.24, 2.45) is 5.73 Å².